The van der Waals surface area contributed by atoms with Crippen LogP contribution in [0.4, 0.5) is 4.39 Å². The van der Waals surface area contributed by atoms with E-state index in [0.717, 1.165) is 18.2 Å². The number of hydrogen-bond donors (Lipinski definition) is 4. The number of amides is 2. The van der Waals surface area contributed by atoms with E-state index in [0.29, 0.717) is 10.6 Å². The Morgan fingerprint density at radius 2 is 2.00 bits per heavy atom. The van der Waals surface area contributed by atoms with Crippen LogP contribution in [0.3, 0.4) is 0 Å². The molecule has 0 unspecified atom stereocenters. The summed E-state index contributed by atoms with van der Waals surface area (Å²) in [6, 6.07) is 8.97. The summed E-state index contributed by atoms with van der Waals surface area (Å²) in [6.45, 7) is 0. The highest BCUT2D eigenvalue weighted by Crippen LogP contribution is 2.27. The molecule has 2 aromatic carbocycles. The SMILES string of the molecule is NC(=O)C[C@H](NC(=O)c1cn[nH]c1-c1cc(C(=O)O)ccc1F)c1cccc(Cl)c1. The molecule has 0 aliphatic rings. The third-order valence-electron chi connectivity index (χ3n) is 4.33. The minimum absolute atomic E-state index is 0.00276. The number of H-pyrrole nitrogens is 1. The summed E-state index contributed by atoms with van der Waals surface area (Å²) < 4.78 is 14.3. The number of nitrogens with two attached hydrogens (primary N) is 1. The van der Waals surface area contributed by atoms with E-state index in [4.69, 9.17) is 22.4 Å². The highest BCUT2D eigenvalue weighted by atomic mass is 35.5. The number of carbonyl (C=O) groups is 3. The van der Waals surface area contributed by atoms with Crippen LogP contribution >= 0.6 is 11.6 Å². The number of aromatic amines is 1. The van der Waals surface area contributed by atoms with Crippen molar-refractivity contribution >= 4 is 29.4 Å². The van der Waals surface area contributed by atoms with Crippen LogP contribution in [-0.4, -0.2) is 33.1 Å². The molecule has 8 nitrogen and oxygen atoms in total. The average molecular weight is 431 g/mol. The van der Waals surface area contributed by atoms with Crippen LogP contribution < -0.4 is 11.1 Å². The fourth-order valence-corrected chi connectivity index (χ4v) is 3.12. The third-order valence-corrected chi connectivity index (χ3v) is 4.56. The minimum Gasteiger partial charge on any atom is -0.478 e. The van der Waals surface area contributed by atoms with Crippen LogP contribution in [0.1, 0.15) is 38.7 Å². The van der Waals surface area contributed by atoms with Gasteiger partial charge in [-0.05, 0) is 35.9 Å². The van der Waals surface area contributed by atoms with E-state index >= 15 is 0 Å². The quantitative estimate of drug-likeness (QED) is 0.456. The van der Waals surface area contributed by atoms with E-state index in [1.54, 1.807) is 24.3 Å². The Bertz CT molecular complexity index is 1130. The van der Waals surface area contributed by atoms with Gasteiger partial charge in [0.05, 0.1) is 35.5 Å². The average Bonchev–Trinajstić information content (AvgIpc) is 3.17. The van der Waals surface area contributed by atoms with E-state index in [2.05, 4.69) is 15.5 Å². The molecule has 5 N–H and O–H groups in total. The van der Waals surface area contributed by atoms with Crippen molar-refractivity contribution in [1.82, 2.24) is 15.5 Å². The predicted molar refractivity (Wildman–Crippen MR) is 106 cm³/mol. The van der Waals surface area contributed by atoms with Gasteiger partial charge in [-0.3, -0.25) is 14.7 Å². The number of aromatic carboxylic acids is 1. The zero-order valence-corrected chi connectivity index (χ0v) is 16.1. The van der Waals surface area contributed by atoms with Crippen LogP contribution in [0.25, 0.3) is 11.3 Å². The highest BCUT2D eigenvalue weighted by Gasteiger charge is 2.23. The zero-order valence-electron chi connectivity index (χ0n) is 15.4. The zero-order chi connectivity index (χ0) is 21.8. The Balaban J connectivity index is 1.95. The van der Waals surface area contributed by atoms with Gasteiger partial charge in [-0.15, -0.1) is 0 Å². The van der Waals surface area contributed by atoms with E-state index < -0.39 is 29.6 Å². The van der Waals surface area contributed by atoms with E-state index in [-0.39, 0.29) is 28.8 Å². The molecule has 0 radical (unpaired) electrons. The normalized spacial score (nSPS) is 11.7. The summed E-state index contributed by atoms with van der Waals surface area (Å²) in [5.74, 6) is -3.29. The minimum atomic E-state index is -1.25. The van der Waals surface area contributed by atoms with Crippen LogP contribution in [0.2, 0.25) is 5.02 Å². The first-order chi connectivity index (χ1) is 14.3. The van der Waals surface area contributed by atoms with Gasteiger partial charge in [0.25, 0.3) is 5.91 Å². The van der Waals surface area contributed by atoms with Crippen LogP contribution in [0.5, 0.6) is 0 Å². The number of carboxylic acids is 1. The summed E-state index contributed by atoms with van der Waals surface area (Å²) in [7, 11) is 0. The van der Waals surface area contributed by atoms with E-state index in [9.17, 15) is 18.8 Å². The van der Waals surface area contributed by atoms with Crippen molar-refractivity contribution in [3.8, 4) is 11.3 Å². The van der Waals surface area contributed by atoms with Gasteiger partial charge >= 0.3 is 5.97 Å². The molecule has 1 aromatic heterocycles. The lowest BCUT2D eigenvalue weighted by Crippen LogP contribution is -2.32. The number of aromatic nitrogens is 2. The number of carboxylic acid groups (broad SMARTS) is 1. The van der Waals surface area contributed by atoms with Crippen molar-refractivity contribution in [1.29, 1.82) is 0 Å². The molecule has 0 saturated heterocycles. The van der Waals surface area contributed by atoms with Gasteiger partial charge in [0.2, 0.25) is 5.91 Å². The van der Waals surface area contributed by atoms with Crippen LogP contribution in [-0.2, 0) is 4.79 Å². The maximum absolute atomic E-state index is 14.3. The number of primary amides is 1. The monoisotopic (exact) mass is 430 g/mol. The number of rotatable bonds is 7. The van der Waals surface area contributed by atoms with Gasteiger partial charge in [-0.2, -0.15) is 5.10 Å². The smallest absolute Gasteiger partial charge is 0.335 e. The first-order valence-corrected chi connectivity index (χ1v) is 9.05. The first-order valence-electron chi connectivity index (χ1n) is 8.67. The molecule has 1 heterocycles. The number of hydrogen-bond acceptors (Lipinski definition) is 4. The standard InChI is InChI=1S/C20H16ClFN4O4/c21-12-3-1-2-10(6-12)16(8-17(23)27)25-19(28)14-9-24-26-18(14)13-7-11(20(29)30)4-5-15(13)22/h1-7,9,16H,8H2,(H2,23,27)(H,24,26)(H,25,28)(H,29,30)/t16-/m0/s1. The van der Waals surface area contributed by atoms with Gasteiger partial charge in [-0.1, -0.05) is 23.7 Å². The van der Waals surface area contributed by atoms with Crippen molar-refractivity contribution in [3.63, 3.8) is 0 Å². The van der Waals surface area contributed by atoms with Gasteiger partial charge in [-0.25, -0.2) is 9.18 Å². The van der Waals surface area contributed by atoms with Crippen molar-refractivity contribution in [3.05, 3.63) is 76.2 Å². The Labute approximate surface area is 174 Å². The summed E-state index contributed by atoms with van der Waals surface area (Å²) >= 11 is 5.99. The third kappa shape index (κ3) is 4.64. The summed E-state index contributed by atoms with van der Waals surface area (Å²) in [4.78, 5) is 35.6. The first kappa shape index (κ1) is 21.0. The molecular formula is C20H16ClFN4O4. The summed E-state index contributed by atoms with van der Waals surface area (Å²) in [6.07, 6.45) is 0.985. The maximum Gasteiger partial charge on any atom is 0.335 e. The molecule has 3 aromatic rings. The molecule has 3 rings (SSSR count). The molecule has 10 heteroatoms. The second-order valence-electron chi connectivity index (χ2n) is 6.41. The molecule has 2 amide bonds. The van der Waals surface area contributed by atoms with Crippen LogP contribution in [0.15, 0.2) is 48.7 Å². The van der Waals surface area contributed by atoms with Gasteiger partial charge in [0.15, 0.2) is 0 Å². The Morgan fingerprint density at radius 3 is 2.67 bits per heavy atom. The molecular weight excluding hydrogens is 415 g/mol. The largest absolute Gasteiger partial charge is 0.478 e. The highest BCUT2D eigenvalue weighted by molar-refractivity contribution is 6.30. The fourth-order valence-electron chi connectivity index (χ4n) is 2.93. The van der Waals surface area contributed by atoms with Crippen molar-refractivity contribution in [2.24, 2.45) is 5.73 Å². The molecule has 0 bridgehead atoms. The summed E-state index contributed by atoms with van der Waals surface area (Å²) in [5, 5.41) is 18.5. The molecule has 0 saturated carbocycles. The molecule has 0 fully saturated rings. The van der Waals surface area contributed by atoms with Crippen LogP contribution in [0, 0.1) is 5.82 Å². The number of halogens is 2. The molecule has 154 valence electrons. The maximum atomic E-state index is 14.3. The molecule has 30 heavy (non-hydrogen) atoms. The molecule has 0 spiro atoms. The lowest BCUT2D eigenvalue weighted by molar-refractivity contribution is -0.118. The molecule has 0 aliphatic heterocycles. The van der Waals surface area contributed by atoms with E-state index in [1.165, 1.54) is 6.20 Å². The Kier molecular flexibility index (Phi) is 6.12. The van der Waals surface area contributed by atoms with E-state index in [1.807, 2.05) is 0 Å². The number of benzene rings is 2. The van der Waals surface area contributed by atoms with Crippen molar-refractivity contribution in [2.45, 2.75) is 12.5 Å². The predicted octanol–water partition coefficient (Wildman–Crippen LogP) is 2.91. The fraction of sp³-hybridized carbons (Fsp3) is 0.100. The summed E-state index contributed by atoms with van der Waals surface area (Å²) in [5.41, 5.74) is 5.53. The van der Waals surface area contributed by atoms with Gasteiger partial charge in [0.1, 0.15) is 5.82 Å². The number of nitrogens with zero attached hydrogens (tertiary/aromatic N) is 1. The second kappa shape index (κ2) is 8.75. The number of carbonyl (C=O) groups excluding carboxylic acids is 2. The lowest BCUT2D eigenvalue weighted by atomic mass is 10.0. The topological polar surface area (TPSA) is 138 Å². The molecule has 0 aliphatic carbocycles. The van der Waals surface area contributed by atoms with Gasteiger partial charge in [0, 0.05) is 10.6 Å². The Hall–Kier alpha value is -3.72. The van der Waals surface area contributed by atoms with Crippen molar-refractivity contribution in [2.75, 3.05) is 0 Å². The lowest BCUT2D eigenvalue weighted by Gasteiger charge is -2.18. The molecule has 1 atom stereocenters. The second-order valence-corrected chi connectivity index (χ2v) is 6.85. The number of nitrogens with one attached hydrogen (secondary N) is 2. The Morgan fingerprint density at radius 1 is 1.23 bits per heavy atom. The van der Waals surface area contributed by atoms with Gasteiger partial charge < -0.3 is 16.2 Å². The van der Waals surface area contributed by atoms with Crippen molar-refractivity contribution < 1.29 is 23.9 Å².